The molecule has 0 saturated carbocycles. The van der Waals surface area contributed by atoms with Gasteiger partial charge in [-0.15, -0.1) is 0 Å². The average molecular weight is 418 g/mol. The molecule has 0 radical (unpaired) electrons. The number of rotatable bonds is 9. The molecule has 2 aromatic rings. The molecule has 0 heterocycles. The minimum Gasteiger partial charge on any atom is -0.352 e. The number of carbonyl (C=O) groups excluding carboxylic acids is 2. The highest BCUT2D eigenvalue weighted by Crippen LogP contribution is 2.16. The monoisotopic (exact) mass is 417 g/mol. The lowest BCUT2D eigenvalue weighted by atomic mass is 10.1. The van der Waals surface area contributed by atoms with Crippen molar-refractivity contribution in [1.29, 1.82) is 0 Å². The molecule has 2 amide bonds. The highest BCUT2D eigenvalue weighted by Gasteiger charge is 2.21. The summed E-state index contributed by atoms with van der Waals surface area (Å²) >= 11 is 0. The van der Waals surface area contributed by atoms with Crippen LogP contribution in [0.15, 0.2) is 54.6 Å². The van der Waals surface area contributed by atoms with Crippen LogP contribution in [0.1, 0.15) is 29.8 Å². The summed E-state index contributed by atoms with van der Waals surface area (Å²) in [4.78, 5) is 25.0. The minimum absolute atomic E-state index is 0.0869. The Balaban J connectivity index is 2.11. The summed E-state index contributed by atoms with van der Waals surface area (Å²) in [5, 5.41) is 5.47. The normalized spacial score (nSPS) is 11.5. The van der Waals surface area contributed by atoms with Gasteiger partial charge in [0.05, 0.1) is 24.1 Å². The van der Waals surface area contributed by atoms with Gasteiger partial charge < -0.3 is 10.6 Å². The summed E-state index contributed by atoms with van der Waals surface area (Å²) in [6.07, 6.45) is 1.07. The second-order valence-corrected chi connectivity index (χ2v) is 9.20. The Morgan fingerprint density at radius 3 is 2.24 bits per heavy atom. The van der Waals surface area contributed by atoms with Gasteiger partial charge in [-0.05, 0) is 23.6 Å². The maximum absolute atomic E-state index is 12.6. The summed E-state index contributed by atoms with van der Waals surface area (Å²) in [7, 11) is -3.60. The highest BCUT2D eigenvalue weighted by molar-refractivity contribution is 7.88. The molecule has 0 fully saturated rings. The second-order valence-electron chi connectivity index (χ2n) is 7.21. The van der Waals surface area contributed by atoms with E-state index in [-0.39, 0.29) is 19.0 Å². The number of benzene rings is 2. The largest absolute Gasteiger partial charge is 0.352 e. The van der Waals surface area contributed by atoms with E-state index in [0.717, 1.165) is 16.1 Å². The van der Waals surface area contributed by atoms with Gasteiger partial charge in [0.1, 0.15) is 0 Å². The van der Waals surface area contributed by atoms with Gasteiger partial charge in [-0.2, -0.15) is 4.31 Å². The maximum atomic E-state index is 12.6. The Morgan fingerprint density at radius 1 is 1.00 bits per heavy atom. The predicted molar refractivity (Wildman–Crippen MR) is 114 cm³/mol. The molecule has 8 heteroatoms. The second kappa shape index (κ2) is 10.2. The smallest absolute Gasteiger partial charge is 0.253 e. The molecule has 0 aromatic heterocycles. The Kier molecular flexibility index (Phi) is 7.92. The number of amides is 2. The molecule has 156 valence electrons. The lowest BCUT2D eigenvalue weighted by molar-refractivity contribution is -0.116. The van der Waals surface area contributed by atoms with Gasteiger partial charge in [-0.3, -0.25) is 9.59 Å². The van der Waals surface area contributed by atoms with Crippen LogP contribution in [-0.2, 0) is 21.4 Å². The van der Waals surface area contributed by atoms with Gasteiger partial charge in [-0.25, -0.2) is 8.42 Å². The van der Waals surface area contributed by atoms with Gasteiger partial charge in [0.15, 0.2) is 0 Å². The molecule has 2 rings (SSSR count). The SMILES string of the molecule is CC(C)CNC(=O)c1ccccc1NC(=O)CN(Cc1ccccc1)S(C)(=O)=O. The summed E-state index contributed by atoms with van der Waals surface area (Å²) < 4.78 is 25.4. The quantitative estimate of drug-likeness (QED) is 0.655. The van der Waals surface area contributed by atoms with E-state index in [9.17, 15) is 18.0 Å². The van der Waals surface area contributed by atoms with E-state index in [2.05, 4.69) is 10.6 Å². The van der Waals surface area contributed by atoms with E-state index in [0.29, 0.717) is 23.7 Å². The lowest BCUT2D eigenvalue weighted by Crippen LogP contribution is -2.37. The van der Waals surface area contributed by atoms with Crippen LogP contribution in [-0.4, -0.2) is 43.9 Å². The zero-order chi connectivity index (χ0) is 21.4. The fraction of sp³-hybridized carbons (Fsp3) is 0.333. The molecular weight excluding hydrogens is 390 g/mol. The fourth-order valence-corrected chi connectivity index (χ4v) is 3.34. The molecule has 0 aliphatic rings. The number of anilines is 1. The van der Waals surface area contributed by atoms with E-state index in [1.807, 2.05) is 32.0 Å². The van der Waals surface area contributed by atoms with E-state index in [1.165, 1.54) is 0 Å². The Bertz CT molecular complexity index is 943. The van der Waals surface area contributed by atoms with Crippen LogP contribution < -0.4 is 10.6 Å². The van der Waals surface area contributed by atoms with Gasteiger partial charge in [0, 0.05) is 13.1 Å². The standard InChI is InChI=1S/C21H27N3O4S/c1-16(2)13-22-21(26)18-11-7-8-12-19(18)23-20(25)15-24(29(3,27)28)14-17-9-5-4-6-10-17/h4-12,16H,13-15H2,1-3H3,(H,22,26)(H,23,25). The zero-order valence-corrected chi connectivity index (χ0v) is 17.7. The third kappa shape index (κ3) is 7.32. The zero-order valence-electron chi connectivity index (χ0n) is 16.9. The van der Waals surface area contributed by atoms with Crippen molar-refractivity contribution in [1.82, 2.24) is 9.62 Å². The minimum atomic E-state index is -3.60. The van der Waals surface area contributed by atoms with Crippen molar-refractivity contribution < 1.29 is 18.0 Å². The first-order valence-electron chi connectivity index (χ1n) is 9.33. The molecule has 0 bridgehead atoms. The Labute approximate surface area is 172 Å². The third-order valence-corrected chi connectivity index (χ3v) is 5.30. The van der Waals surface area contributed by atoms with Crippen LogP contribution >= 0.6 is 0 Å². The molecule has 0 aliphatic heterocycles. The molecule has 0 spiro atoms. The van der Waals surface area contributed by atoms with Crippen molar-refractivity contribution in [2.75, 3.05) is 24.7 Å². The van der Waals surface area contributed by atoms with Gasteiger partial charge >= 0.3 is 0 Å². The van der Waals surface area contributed by atoms with Crippen LogP contribution in [0.25, 0.3) is 0 Å². The first kappa shape index (κ1) is 22.6. The average Bonchev–Trinajstić information content (AvgIpc) is 2.66. The van der Waals surface area contributed by atoms with Gasteiger partial charge in [-0.1, -0.05) is 56.3 Å². The highest BCUT2D eigenvalue weighted by atomic mass is 32.2. The molecule has 7 nitrogen and oxygen atoms in total. The van der Waals surface area contributed by atoms with Crippen LogP contribution in [0.5, 0.6) is 0 Å². The number of nitrogens with zero attached hydrogens (tertiary/aromatic N) is 1. The molecule has 2 aromatic carbocycles. The van der Waals surface area contributed by atoms with Crippen LogP contribution in [0.3, 0.4) is 0 Å². The third-order valence-electron chi connectivity index (χ3n) is 4.11. The maximum Gasteiger partial charge on any atom is 0.253 e. The van der Waals surface area contributed by atoms with Crippen molar-refractivity contribution in [2.45, 2.75) is 20.4 Å². The summed E-state index contributed by atoms with van der Waals surface area (Å²) in [5.74, 6) is -0.517. The number of sulfonamides is 1. The van der Waals surface area contributed by atoms with Crippen molar-refractivity contribution in [3.8, 4) is 0 Å². The fourth-order valence-electron chi connectivity index (χ4n) is 2.61. The summed E-state index contributed by atoms with van der Waals surface area (Å²) in [5.41, 5.74) is 1.45. The van der Waals surface area contributed by atoms with Gasteiger partial charge in [0.2, 0.25) is 15.9 Å². The number of hydrogen-bond donors (Lipinski definition) is 2. The lowest BCUT2D eigenvalue weighted by Gasteiger charge is -2.20. The van der Waals surface area contributed by atoms with Crippen molar-refractivity contribution in [2.24, 2.45) is 5.92 Å². The molecular formula is C21H27N3O4S. The van der Waals surface area contributed by atoms with E-state index in [4.69, 9.17) is 0 Å². The number of carbonyl (C=O) groups is 2. The Hall–Kier alpha value is -2.71. The van der Waals surface area contributed by atoms with Crippen molar-refractivity contribution in [3.05, 3.63) is 65.7 Å². The first-order valence-corrected chi connectivity index (χ1v) is 11.2. The van der Waals surface area contributed by atoms with Crippen LogP contribution in [0, 0.1) is 5.92 Å². The molecule has 0 unspecified atom stereocenters. The van der Waals surface area contributed by atoms with Crippen molar-refractivity contribution in [3.63, 3.8) is 0 Å². The topological polar surface area (TPSA) is 95.6 Å². The van der Waals surface area contributed by atoms with Crippen LogP contribution in [0.4, 0.5) is 5.69 Å². The predicted octanol–water partition coefficient (Wildman–Crippen LogP) is 2.47. The van der Waals surface area contributed by atoms with E-state index in [1.54, 1.807) is 36.4 Å². The summed E-state index contributed by atoms with van der Waals surface area (Å²) in [6, 6.07) is 15.7. The Morgan fingerprint density at radius 2 is 1.62 bits per heavy atom. The number of hydrogen-bond acceptors (Lipinski definition) is 4. The first-order chi connectivity index (χ1) is 13.7. The van der Waals surface area contributed by atoms with E-state index < -0.39 is 15.9 Å². The number of para-hydroxylation sites is 1. The van der Waals surface area contributed by atoms with Crippen LogP contribution in [0.2, 0.25) is 0 Å². The molecule has 2 N–H and O–H groups in total. The summed E-state index contributed by atoms with van der Waals surface area (Å²) in [6.45, 7) is 4.22. The van der Waals surface area contributed by atoms with Gasteiger partial charge in [0.25, 0.3) is 5.91 Å². The molecule has 29 heavy (non-hydrogen) atoms. The van der Waals surface area contributed by atoms with Crippen molar-refractivity contribution >= 4 is 27.5 Å². The molecule has 0 atom stereocenters. The van der Waals surface area contributed by atoms with E-state index >= 15 is 0 Å². The number of nitrogens with one attached hydrogen (secondary N) is 2. The molecule has 0 saturated heterocycles. The molecule has 0 aliphatic carbocycles.